The highest BCUT2D eigenvalue weighted by Gasteiger charge is 2.14. The molecule has 1 heterocycles. The van der Waals surface area contributed by atoms with Gasteiger partial charge >= 0.3 is 0 Å². The van der Waals surface area contributed by atoms with Crippen molar-refractivity contribution in [1.82, 2.24) is 5.32 Å². The fourth-order valence-electron chi connectivity index (χ4n) is 2.12. The molecule has 0 aliphatic carbocycles. The van der Waals surface area contributed by atoms with E-state index < -0.39 is 4.92 Å². The highest BCUT2D eigenvalue weighted by molar-refractivity contribution is 7.08. The van der Waals surface area contributed by atoms with Crippen LogP contribution in [0.2, 0.25) is 0 Å². The number of thiophene rings is 1. The first-order valence-corrected chi connectivity index (χ1v) is 8.27. The molecule has 24 heavy (non-hydrogen) atoms. The minimum absolute atomic E-state index is 0.0316. The zero-order valence-electron chi connectivity index (χ0n) is 13.1. The second-order valence-electron chi connectivity index (χ2n) is 5.13. The number of nitrogens with zero attached hydrogens (tertiary/aromatic N) is 1. The third-order valence-electron chi connectivity index (χ3n) is 3.43. The molecule has 0 spiro atoms. The van der Waals surface area contributed by atoms with Gasteiger partial charge in [0.2, 0.25) is 5.91 Å². The number of rotatable bonds is 7. The van der Waals surface area contributed by atoms with E-state index in [9.17, 15) is 19.7 Å². The van der Waals surface area contributed by atoms with E-state index in [1.807, 2.05) is 5.38 Å². The van der Waals surface area contributed by atoms with E-state index in [1.54, 1.807) is 24.4 Å². The summed E-state index contributed by atoms with van der Waals surface area (Å²) in [5, 5.41) is 19.9. The van der Waals surface area contributed by atoms with E-state index in [0.29, 0.717) is 29.8 Å². The summed E-state index contributed by atoms with van der Waals surface area (Å²) >= 11 is 1.44. The second kappa shape index (κ2) is 8.21. The van der Waals surface area contributed by atoms with Gasteiger partial charge in [-0.25, -0.2) is 0 Å². The lowest BCUT2D eigenvalue weighted by Gasteiger charge is -2.09. The maximum Gasteiger partial charge on any atom is 0.274 e. The monoisotopic (exact) mass is 347 g/mol. The molecule has 0 unspecified atom stereocenters. The van der Waals surface area contributed by atoms with E-state index in [0.717, 1.165) is 0 Å². The summed E-state index contributed by atoms with van der Waals surface area (Å²) in [5.74, 6) is -0.408. The van der Waals surface area contributed by atoms with E-state index in [-0.39, 0.29) is 23.9 Å². The van der Waals surface area contributed by atoms with Crippen LogP contribution in [0, 0.1) is 17.0 Å². The van der Waals surface area contributed by atoms with Crippen LogP contribution >= 0.6 is 11.3 Å². The largest absolute Gasteiger partial charge is 0.352 e. The summed E-state index contributed by atoms with van der Waals surface area (Å²) in [4.78, 5) is 34.0. The van der Waals surface area contributed by atoms with Gasteiger partial charge in [0.15, 0.2) is 0 Å². The fourth-order valence-corrected chi connectivity index (χ4v) is 2.75. The number of hydrogen-bond acceptors (Lipinski definition) is 5. The quantitative estimate of drug-likeness (QED) is 0.456. The lowest BCUT2D eigenvalue weighted by Crippen LogP contribution is -2.25. The smallest absolute Gasteiger partial charge is 0.274 e. The topological polar surface area (TPSA) is 101 Å². The molecule has 0 radical (unpaired) electrons. The molecule has 0 aliphatic rings. The number of nitro groups is 1. The van der Waals surface area contributed by atoms with Gasteiger partial charge in [-0.1, -0.05) is 6.07 Å². The highest BCUT2D eigenvalue weighted by atomic mass is 32.1. The van der Waals surface area contributed by atoms with Crippen LogP contribution in [0.25, 0.3) is 0 Å². The summed E-state index contributed by atoms with van der Waals surface area (Å²) in [6.45, 7) is 1.98. The maximum absolute atomic E-state index is 11.9. The standard InChI is InChI=1S/C16H17N3O4S/c1-11-13(4-2-5-14(11)19(22)23)18-15(20)6-3-8-17-16(21)12-7-9-24-10-12/h2,4-5,7,9-10H,3,6,8H2,1H3,(H,17,21)(H,18,20). The molecule has 0 saturated carbocycles. The number of nitro benzene ring substituents is 1. The van der Waals surface area contributed by atoms with E-state index in [2.05, 4.69) is 10.6 Å². The molecule has 0 bridgehead atoms. The zero-order chi connectivity index (χ0) is 17.5. The molecular formula is C16H17N3O4S. The van der Waals surface area contributed by atoms with Crippen molar-refractivity contribution < 1.29 is 14.5 Å². The SMILES string of the molecule is Cc1c(NC(=O)CCCNC(=O)c2ccsc2)cccc1[N+](=O)[O-]. The van der Waals surface area contributed by atoms with Gasteiger partial charge in [0.25, 0.3) is 11.6 Å². The van der Waals surface area contributed by atoms with Crippen molar-refractivity contribution in [3.63, 3.8) is 0 Å². The summed E-state index contributed by atoms with van der Waals surface area (Å²) in [7, 11) is 0. The van der Waals surface area contributed by atoms with Crippen LogP contribution in [-0.2, 0) is 4.79 Å². The van der Waals surface area contributed by atoms with Crippen LogP contribution in [0.5, 0.6) is 0 Å². The molecule has 0 saturated heterocycles. The fraction of sp³-hybridized carbons (Fsp3) is 0.250. The number of benzene rings is 1. The molecule has 8 heteroatoms. The Balaban J connectivity index is 1.79. The Kier molecular flexibility index (Phi) is 6.02. The minimum atomic E-state index is -0.481. The van der Waals surface area contributed by atoms with Crippen molar-refractivity contribution in [2.75, 3.05) is 11.9 Å². The number of hydrogen-bond donors (Lipinski definition) is 2. The van der Waals surface area contributed by atoms with E-state index in [4.69, 9.17) is 0 Å². The summed E-state index contributed by atoms with van der Waals surface area (Å²) in [5.41, 5.74) is 1.42. The van der Waals surface area contributed by atoms with Crippen LogP contribution < -0.4 is 10.6 Å². The molecule has 0 fully saturated rings. The molecule has 1 aromatic carbocycles. The third-order valence-corrected chi connectivity index (χ3v) is 4.11. The Morgan fingerprint density at radius 3 is 2.75 bits per heavy atom. The number of carbonyl (C=O) groups is 2. The van der Waals surface area contributed by atoms with Crippen molar-refractivity contribution in [3.8, 4) is 0 Å². The first-order valence-electron chi connectivity index (χ1n) is 7.33. The van der Waals surface area contributed by atoms with Gasteiger partial charge in [-0.3, -0.25) is 19.7 Å². The minimum Gasteiger partial charge on any atom is -0.352 e. The van der Waals surface area contributed by atoms with E-state index >= 15 is 0 Å². The van der Waals surface area contributed by atoms with Crippen molar-refractivity contribution in [2.45, 2.75) is 19.8 Å². The lowest BCUT2D eigenvalue weighted by atomic mass is 10.1. The molecule has 126 valence electrons. The van der Waals surface area contributed by atoms with Crippen LogP contribution in [0.3, 0.4) is 0 Å². The molecular weight excluding hydrogens is 330 g/mol. The molecule has 0 atom stereocenters. The molecule has 2 N–H and O–H groups in total. The van der Waals surface area contributed by atoms with Gasteiger partial charge < -0.3 is 10.6 Å². The molecule has 0 aliphatic heterocycles. The first-order chi connectivity index (χ1) is 11.5. The van der Waals surface area contributed by atoms with Gasteiger partial charge in [-0.15, -0.1) is 0 Å². The average Bonchev–Trinajstić information content (AvgIpc) is 3.07. The predicted molar refractivity (Wildman–Crippen MR) is 92.3 cm³/mol. The van der Waals surface area contributed by atoms with Crippen molar-refractivity contribution in [2.24, 2.45) is 0 Å². The zero-order valence-corrected chi connectivity index (χ0v) is 13.9. The summed E-state index contributed by atoms with van der Waals surface area (Å²) in [6, 6.07) is 6.28. The Labute approximate surface area is 142 Å². The highest BCUT2D eigenvalue weighted by Crippen LogP contribution is 2.25. The van der Waals surface area contributed by atoms with Gasteiger partial charge in [-0.05, 0) is 30.9 Å². The number of anilines is 1. The van der Waals surface area contributed by atoms with E-state index in [1.165, 1.54) is 23.5 Å². The second-order valence-corrected chi connectivity index (χ2v) is 5.91. The Bertz CT molecular complexity index is 744. The summed E-state index contributed by atoms with van der Waals surface area (Å²) < 4.78 is 0. The van der Waals surface area contributed by atoms with Crippen molar-refractivity contribution in [3.05, 3.63) is 56.3 Å². The Morgan fingerprint density at radius 2 is 2.08 bits per heavy atom. The molecule has 7 nitrogen and oxygen atoms in total. The maximum atomic E-state index is 11.9. The van der Waals surface area contributed by atoms with Gasteiger partial charge in [-0.2, -0.15) is 11.3 Å². The summed E-state index contributed by atoms with van der Waals surface area (Å²) in [6.07, 6.45) is 0.696. The number of amides is 2. The Hall–Kier alpha value is -2.74. The molecule has 1 aromatic heterocycles. The normalized spacial score (nSPS) is 10.2. The van der Waals surface area contributed by atoms with Crippen LogP contribution in [0.15, 0.2) is 35.0 Å². The van der Waals surface area contributed by atoms with Gasteiger partial charge in [0.05, 0.1) is 16.2 Å². The van der Waals surface area contributed by atoms with Crippen LogP contribution in [-0.4, -0.2) is 23.3 Å². The van der Waals surface area contributed by atoms with Crippen molar-refractivity contribution >= 4 is 34.5 Å². The molecule has 2 rings (SSSR count). The van der Waals surface area contributed by atoms with Crippen molar-refractivity contribution in [1.29, 1.82) is 0 Å². The van der Waals surface area contributed by atoms with Gasteiger partial charge in [0.1, 0.15) is 0 Å². The van der Waals surface area contributed by atoms with Gasteiger partial charge in [0, 0.05) is 30.0 Å². The molecule has 2 amide bonds. The lowest BCUT2D eigenvalue weighted by molar-refractivity contribution is -0.385. The third kappa shape index (κ3) is 4.63. The number of carbonyl (C=O) groups excluding carboxylic acids is 2. The Morgan fingerprint density at radius 1 is 1.29 bits per heavy atom. The van der Waals surface area contributed by atoms with Crippen LogP contribution in [0.1, 0.15) is 28.8 Å². The predicted octanol–water partition coefficient (Wildman–Crippen LogP) is 3.11. The van der Waals surface area contributed by atoms with Crippen LogP contribution in [0.4, 0.5) is 11.4 Å². The first kappa shape index (κ1) is 17.6. The molecule has 2 aromatic rings. The average molecular weight is 347 g/mol. The number of nitrogens with one attached hydrogen (secondary N) is 2.